The number of aryl methyl sites for hydroxylation is 1. The van der Waals surface area contributed by atoms with Gasteiger partial charge in [-0.3, -0.25) is 4.18 Å². The molecule has 0 aliphatic rings. The van der Waals surface area contributed by atoms with Crippen LogP contribution in [0.2, 0.25) is 0 Å². The minimum Gasteiger partial charge on any atom is -0.266 e. The van der Waals surface area contributed by atoms with Crippen molar-refractivity contribution in [3.8, 4) is 0 Å². The largest absolute Gasteiger partial charge is 0.297 e. The van der Waals surface area contributed by atoms with E-state index in [0.717, 1.165) is 54.9 Å². The summed E-state index contributed by atoms with van der Waals surface area (Å²) in [5, 5.41) is 1.76. The number of benzene rings is 2. The Kier molecular flexibility index (Phi) is 21.0. The first-order valence-electron chi connectivity index (χ1n) is 18.0. The second-order valence-corrected chi connectivity index (χ2v) is 14.1. The van der Waals surface area contributed by atoms with Crippen molar-refractivity contribution in [3.05, 3.63) is 42.0 Å². The summed E-state index contributed by atoms with van der Waals surface area (Å²) in [4.78, 5) is 0.405. The minimum atomic E-state index is -3.80. The molecule has 0 bridgehead atoms. The van der Waals surface area contributed by atoms with Gasteiger partial charge in [-0.2, -0.15) is 8.42 Å². The lowest BCUT2D eigenvalue weighted by atomic mass is 10.0. The van der Waals surface area contributed by atoms with E-state index in [1.807, 2.05) is 30.3 Å². The molecule has 0 unspecified atom stereocenters. The van der Waals surface area contributed by atoms with Gasteiger partial charge in [0.2, 0.25) is 0 Å². The maximum absolute atomic E-state index is 13.5. The van der Waals surface area contributed by atoms with Gasteiger partial charge in [0.05, 0.1) is 6.61 Å². The Morgan fingerprint density at radius 2 is 0.929 bits per heavy atom. The van der Waals surface area contributed by atoms with E-state index >= 15 is 0 Å². The van der Waals surface area contributed by atoms with Crippen LogP contribution in [-0.2, 0) is 20.7 Å². The van der Waals surface area contributed by atoms with Crippen LogP contribution in [0.25, 0.3) is 10.8 Å². The summed E-state index contributed by atoms with van der Waals surface area (Å²) in [5.74, 6) is 0. The normalized spacial score (nSPS) is 12.0. The molecule has 0 amide bonds. The first kappa shape index (κ1) is 36.8. The molecular formula is C38H64O3S. The van der Waals surface area contributed by atoms with E-state index < -0.39 is 10.1 Å². The highest BCUT2D eigenvalue weighted by molar-refractivity contribution is 7.87. The Bertz CT molecular complexity index is 1030. The van der Waals surface area contributed by atoms with Gasteiger partial charge < -0.3 is 0 Å². The van der Waals surface area contributed by atoms with Crippen LogP contribution in [0.5, 0.6) is 0 Å². The van der Waals surface area contributed by atoms with Crippen LogP contribution < -0.4 is 0 Å². The molecule has 42 heavy (non-hydrogen) atoms. The second-order valence-electron chi connectivity index (χ2n) is 12.6. The molecule has 0 saturated carbocycles. The van der Waals surface area contributed by atoms with Gasteiger partial charge in [0.25, 0.3) is 10.1 Å². The molecule has 0 saturated heterocycles. The Morgan fingerprint density at radius 1 is 0.500 bits per heavy atom. The molecule has 2 aromatic carbocycles. The fourth-order valence-corrected chi connectivity index (χ4v) is 7.51. The number of unbranched alkanes of at least 4 members (excludes halogenated alkanes) is 22. The van der Waals surface area contributed by atoms with Crippen molar-refractivity contribution < 1.29 is 12.6 Å². The van der Waals surface area contributed by atoms with Crippen molar-refractivity contribution in [1.29, 1.82) is 0 Å². The summed E-state index contributed by atoms with van der Waals surface area (Å²) in [6, 6.07) is 11.9. The fraction of sp³-hybridized carbons (Fsp3) is 0.737. The molecule has 0 N–H and O–H groups in total. The van der Waals surface area contributed by atoms with E-state index in [4.69, 9.17) is 4.18 Å². The molecule has 0 heterocycles. The molecule has 0 aliphatic heterocycles. The lowest BCUT2D eigenvalue weighted by molar-refractivity contribution is 0.306. The van der Waals surface area contributed by atoms with E-state index in [1.54, 1.807) is 0 Å². The van der Waals surface area contributed by atoms with E-state index in [0.29, 0.717) is 4.90 Å². The van der Waals surface area contributed by atoms with Crippen LogP contribution in [0.3, 0.4) is 0 Å². The molecule has 3 nitrogen and oxygen atoms in total. The topological polar surface area (TPSA) is 43.4 Å². The van der Waals surface area contributed by atoms with E-state index in [9.17, 15) is 8.42 Å². The van der Waals surface area contributed by atoms with Crippen molar-refractivity contribution in [2.75, 3.05) is 6.61 Å². The maximum Gasteiger partial charge on any atom is 0.297 e. The minimum absolute atomic E-state index is 0.279. The van der Waals surface area contributed by atoms with Crippen molar-refractivity contribution in [3.63, 3.8) is 0 Å². The van der Waals surface area contributed by atoms with E-state index in [1.165, 1.54) is 122 Å². The Hall–Kier alpha value is -1.39. The zero-order chi connectivity index (χ0) is 30.1. The van der Waals surface area contributed by atoms with Crippen molar-refractivity contribution in [2.45, 2.75) is 179 Å². The third-order valence-corrected chi connectivity index (χ3v) is 10.2. The molecule has 0 spiro atoms. The molecule has 240 valence electrons. The zero-order valence-corrected chi connectivity index (χ0v) is 28.3. The Labute approximate surface area is 260 Å². The maximum atomic E-state index is 13.5. The lowest BCUT2D eigenvalue weighted by Gasteiger charge is -2.14. The quantitative estimate of drug-likeness (QED) is 0.0720. The number of rotatable bonds is 28. The van der Waals surface area contributed by atoms with Crippen LogP contribution in [0.1, 0.15) is 174 Å². The number of hydrogen-bond donors (Lipinski definition) is 0. The van der Waals surface area contributed by atoms with Crippen molar-refractivity contribution in [2.24, 2.45) is 0 Å². The Balaban J connectivity index is 1.71. The predicted octanol–water partition coefficient (Wildman–Crippen LogP) is 12.5. The fourth-order valence-electron chi connectivity index (χ4n) is 6.11. The highest BCUT2D eigenvalue weighted by Crippen LogP contribution is 2.30. The van der Waals surface area contributed by atoms with E-state index in [-0.39, 0.29) is 6.61 Å². The predicted molar refractivity (Wildman–Crippen MR) is 183 cm³/mol. The molecule has 0 radical (unpaired) electrons. The van der Waals surface area contributed by atoms with Gasteiger partial charge in [0, 0.05) is 5.39 Å². The molecule has 0 fully saturated rings. The van der Waals surface area contributed by atoms with Crippen LogP contribution >= 0.6 is 0 Å². The summed E-state index contributed by atoms with van der Waals surface area (Å²) < 4.78 is 32.6. The molecule has 0 aromatic heterocycles. The molecule has 2 rings (SSSR count). The lowest BCUT2D eigenvalue weighted by Crippen LogP contribution is -2.11. The first-order chi connectivity index (χ1) is 20.6. The van der Waals surface area contributed by atoms with Gasteiger partial charge in [0.1, 0.15) is 4.90 Å². The Morgan fingerprint density at radius 3 is 1.43 bits per heavy atom. The van der Waals surface area contributed by atoms with Gasteiger partial charge in [-0.25, -0.2) is 0 Å². The van der Waals surface area contributed by atoms with Crippen molar-refractivity contribution >= 4 is 20.9 Å². The summed E-state index contributed by atoms with van der Waals surface area (Å²) in [6.07, 6.45) is 31.5. The summed E-state index contributed by atoms with van der Waals surface area (Å²) in [5.41, 5.74) is 0.912. The smallest absolute Gasteiger partial charge is 0.266 e. The van der Waals surface area contributed by atoms with Crippen molar-refractivity contribution in [1.82, 2.24) is 0 Å². The number of fused-ring (bicyclic) bond motifs is 1. The van der Waals surface area contributed by atoms with Crippen LogP contribution in [0.4, 0.5) is 0 Å². The average molecular weight is 601 g/mol. The van der Waals surface area contributed by atoms with Crippen LogP contribution in [0.15, 0.2) is 41.3 Å². The van der Waals surface area contributed by atoms with Gasteiger partial charge in [-0.1, -0.05) is 192 Å². The SMILES string of the molecule is CCCCCCCCCCCCCCOS(=O)(=O)c1c(CCCCCCCCCCCCCC)ccc2ccccc12. The van der Waals surface area contributed by atoms with Crippen LogP contribution in [0, 0.1) is 0 Å². The zero-order valence-electron chi connectivity index (χ0n) is 27.5. The van der Waals surface area contributed by atoms with Gasteiger partial charge in [0.15, 0.2) is 0 Å². The third-order valence-electron chi connectivity index (χ3n) is 8.75. The summed E-state index contributed by atoms with van der Waals surface area (Å²) in [6.45, 7) is 4.82. The monoisotopic (exact) mass is 600 g/mol. The molecule has 0 atom stereocenters. The second kappa shape index (κ2) is 24.0. The highest BCUT2D eigenvalue weighted by Gasteiger charge is 2.22. The summed E-state index contributed by atoms with van der Waals surface area (Å²) in [7, 11) is -3.80. The van der Waals surface area contributed by atoms with Gasteiger partial charge in [-0.15, -0.1) is 0 Å². The van der Waals surface area contributed by atoms with E-state index in [2.05, 4.69) is 19.9 Å². The van der Waals surface area contributed by atoms with Crippen LogP contribution in [-0.4, -0.2) is 15.0 Å². The standard InChI is InChI=1S/C38H64O3S/c1-3-5-7-9-11-13-15-17-19-21-23-25-30-36-33-32-35-29-26-27-31-37(35)38(36)42(39,40)41-34-28-24-22-20-18-16-14-12-10-8-6-4-2/h26-27,29,31-33H,3-25,28,30,34H2,1-2H3. The highest BCUT2D eigenvalue weighted by atomic mass is 32.2. The molecule has 0 aliphatic carbocycles. The molecular weight excluding hydrogens is 536 g/mol. The third kappa shape index (κ3) is 15.9. The molecule has 2 aromatic rings. The van der Waals surface area contributed by atoms with Gasteiger partial charge >= 0.3 is 0 Å². The molecule has 4 heteroatoms. The van der Waals surface area contributed by atoms with Gasteiger partial charge in [-0.05, 0) is 30.2 Å². The number of hydrogen-bond acceptors (Lipinski definition) is 3. The summed E-state index contributed by atoms with van der Waals surface area (Å²) >= 11 is 0. The first-order valence-corrected chi connectivity index (χ1v) is 19.4. The average Bonchev–Trinajstić information content (AvgIpc) is 2.99.